The Balaban J connectivity index is 2.42. The maximum atomic E-state index is 10.8. The predicted molar refractivity (Wildman–Crippen MR) is 39.1 cm³/mol. The summed E-state index contributed by atoms with van der Waals surface area (Å²) in [7, 11) is 0. The summed E-state index contributed by atoms with van der Waals surface area (Å²) in [6.07, 6.45) is 3.04. The minimum Gasteiger partial charge on any atom is -0.393 e. The standard InChI is InChI=1S/C7H8N2O3/c1-5(10)12-7(11)2-6-3-8-4-9-6/h3-4H,2H2,1H3,(H,8,9). The van der Waals surface area contributed by atoms with E-state index in [0.717, 1.165) is 0 Å². The van der Waals surface area contributed by atoms with Crippen molar-refractivity contribution in [2.75, 3.05) is 0 Å². The number of hydrogen-bond acceptors (Lipinski definition) is 4. The molecule has 1 aromatic rings. The zero-order valence-electron chi connectivity index (χ0n) is 6.53. The topological polar surface area (TPSA) is 72.1 Å². The van der Waals surface area contributed by atoms with E-state index in [2.05, 4.69) is 14.7 Å². The van der Waals surface area contributed by atoms with Crippen LogP contribution in [0, 0.1) is 0 Å². The summed E-state index contributed by atoms with van der Waals surface area (Å²) in [6, 6.07) is 0. The van der Waals surface area contributed by atoms with Crippen LogP contribution in [-0.2, 0) is 20.7 Å². The molecule has 0 unspecified atom stereocenters. The molecule has 0 amide bonds. The summed E-state index contributed by atoms with van der Waals surface area (Å²) in [5, 5.41) is 0. The maximum absolute atomic E-state index is 10.8. The summed E-state index contributed by atoms with van der Waals surface area (Å²) in [4.78, 5) is 27.6. The Morgan fingerprint density at radius 1 is 1.67 bits per heavy atom. The van der Waals surface area contributed by atoms with E-state index in [1.54, 1.807) is 6.20 Å². The number of carbonyl (C=O) groups is 2. The van der Waals surface area contributed by atoms with Crippen LogP contribution in [-0.4, -0.2) is 21.9 Å². The second-order valence-electron chi connectivity index (χ2n) is 2.20. The number of rotatable bonds is 2. The number of hydrogen-bond donors (Lipinski definition) is 1. The van der Waals surface area contributed by atoms with E-state index >= 15 is 0 Å². The fourth-order valence-corrected chi connectivity index (χ4v) is 0.732. The van der Waals surface area contributed by atoms with E-state index in [-0.39, 0.29) is 6.42 Å². The molecular weight excluding hydrogens is 160 g/mol. The fraction of sp³-hybridized carbons (Fsp3) is 0.286. The molecule has 1 N–H and O–H groups in total. The van der Waals surface area contributed by atoms with Crippen LogP contribution in [0.1, 0.15) is 12.6 Å². The molecule has 0 spiro atoms. The number of esters is 2. The van der Waals surface area contributed by atoms with E-state index in [1.165, 1.54) is 13.3 Å². The van der Waals surface area contributed by atoms with Gasteiger partial charge >= 0.3 is 11.9 Å². The van der Waals surface area contributed by atoms with Gasteiger partial charge in [-0.15, -0.1) is 0 Å². The average molecular weight is 168 g/mol. The number of carbonyl (C=O) groups excluding carboxylic acids is 2. The van der Waals surface area contributed by atoms with Crippen molar-refractivity contribution in [2.24, 2.45) is 0 Å². The Kier molecular flexibility index (Phi) is 2.57. The third kappa shape index (κ3) is 2.53. The third-order valence-corrected chi connectivity index (χ3v) is 1.14. The number of aromatic amines is 1. The maximum Gasteiger partial charge on any atom is 0.319 e. The van der Waals surface area contributed by atoms with E-state index in [0.29, 0.717) is 5.69 Å². The van der Waals surface area contributed by atoms with Crippen LogP contribution in [0.3, 0.4) is 0 Å². The first-order valence-corrected chi connectivity index (χ1v) is 3.37. The molecule has 0 aliphatic rings. The van der Waals surface area contributed by atoms with Gasteiger partial charge in [0, 0.05) is 13.1 Å². The van der Waals surface area contributed by atoms with Gasteiger partial charge in [0.1, 0.15) is 0 Å². The van der Waals surface area contributed by atoms with Gasteiger partial charge < -0.3 is 9.72 Å². The lowest BCUT2D eigenvalue weighted by Crippen LogP contribution is -2.11. The highest BCUT2D eigenvalue weighted by Gasteiger charge is 2.07. The van der Waals surface area contributed by atoms with Gasteiger partial charge in [-0.1, -0.05) is 0 Å². The molecule has 1 heterocycles. The number of aromatic nitrogens is 2. The second kappa shape index (κ2) is 3.66. The number of nitrogens with zero attached hydrogens (tertiary/aromatic N) is 1. The molecule has 0 aromatic carbocycles. The van der Waals surface area contributed by atoms with E-state index in [1.807, 2.05) is 0 Å². The van der Waals surface area contributed by atoms with Gasteiger partial charge in [-0.2, -0.15) is 0 Å². The Labute approximate surface area is 68.8 Å². The van der Waals surface area contributed by atoms with E-state index in [4.69, 9.17) is 0 Å². The first-order chi connectivity index (χ1) is 5.68. The van der Waals surface area contributed by atoms with Gasteiger partial charge in [-0.25, -0.2) is 4.98 Å². The summed E-state index contributed by atoms with van der Waals surface area (Å²) in [5.41, 5.74) is 0.557. The number of imidazole rings is 1. The fourth-order valence-electron chi connectivity index (χ4n) is 0.732. The average Bonchev–Trinajstić information content (AvgIpc) is 2.37. The Morgan fingerprint density at radius 2 is 2.42 bits per heavy atom. The van der Waals surface area contributed by atoms with Crippen LogP contribution in [0.5, 0.6) is 0 Å². The van der Waals surface area contributed by atoms with Crippen molar-refractivity contribution in [3.05, 3.63) is 18.2 Å². The monoisotopic (exact) mass is 168 g/mol. The predicted octanol–water partition coefficient (Wildman–Crippen LogP) is 0.0419. The molecule has 12 heavy (non-hydrogen) atoms. The SMILES string of the molecule is CC(=O)OC(=O)Cc1c[nH]cn1. The lowest BCUT2D eigenvalue weighted by atomic mass is 10.3. The van der Waals surface area contributed by atoms with Crippen LogP contribution in [0.15, 0.2) is 12.5 Å². The van der Waals surface area contributed by atoms with Gasteiger partial charge in [0.05, 0.1) is 18.4 Å². The van der Waals surface area contributed by atoms with Crippen molar-refractivity contribution < 1.29 is 14.3 Å². The largest absolute Gasteiger partial charge is 0.393 e. The minimum absolute atomic E-state index is 0.0169. The second-order valence-corrected chi connectivity index (χ2v) is 2.20. The lowest BCUT2D eigenvalue weighted by Gasteiger charge is -1.95. The molecule has 5 nitrogen and oxygen atoms in total. The van der Waals surface area contributed by atoms with Crippen molar-refractivity contribution >= 4 is 11.9 Å². The molecule has 0 bridgehead atoms. The molecule has 0 aliphatic heterocycles. The molecule has 0 saturated carbocycles. The summed E-state index contributed by atoms with van der Waals surface area (Å²) >= 11 is 0. The highest BCUT2D eigenvalue weighted by atomic mass is 16.6. The first-order valence-electron chi connectivity index (χ1n) is 3.37. The summed E-state index contributed by atoms with van der Waals surface area (Å²) in [5.74, 6) is -1.19. The highest BCUT2D eigenvalue weighted by Crippen LogP contribution is 1.94. The molecule has 64 valence electrons. The highest BCUT2D eigenvalue weighted by molar-refractivity contribution is 5.85. The molecule has 0 radical (unpaired) electrons. The van der Waals surface area contributed by atoms with Crippen molar-refractivity contribution in [1.82, 2.24) is 9.97 Å². The van der Waals surface area contributed by atoms with Crippen LogP contribution in [0.4, 0.5) is 0 Å². The van der Waals surface area contributed by atoms with Crippen molar-refractivity contribution in [3.8, 4) is 0 Å². The van der Waals surface area contributed by atoms with Crippen molar-refractivity contribution in [1.29, 1.82) is 0 Å². The molecular formula is C7H8N2O3. The van der Waals surface area contributed by atoms with Crippen molar-refractivity contribution in [2.45, 2.75) is 13.3 Å². The lowest BCUT2D eigenvalue weighted by molar-refractivity contribution is -0.157. The van der Waals surface area contributed by atoms with E-state index < -0.39 is 11.9 Å². The van der Waals surface area contributed by atoms with E-state index in [9.17, 15) is 9.59 Å². The van der Waals surface area contributed by atoms with Gasteiger partial charge in [0.25, 0.3) is 0 Å². The van der Waals surface area contributed by atoms with Gasteiger partial charge in [0.2, 0.25) is 0 Å². The van der Waals surface area contributed by atoms with Gasteiger partial charge in [-0.3, -0.25) is 9.59 Å². The molecule has 0 fully saturated rings. The number of nitrogens with one attached hydrogen (secondary N) is 1. The van der Waals surface area contributed by atoms with Crippen LogP contribution in [0.2, 0.25) is 0 Å². The van der Waals surface area contributed by atoms with Crippen LogP contribution < -0.4 is 0 Å². The quantitative estimate of drug-likeness (QED) is 0.500. The zero-order chi connectivity index (χ0) is 8.97. The minimum atomic E-state index is -0.601. The Bertz CT molecular complexity index is 279. The van der Waals surface area contributed by atoms with Gasteiger partial charge in [-0.05, 0) is 0 Å². The molecule has 0 aliphatic carbocycles. The zero-order valence-corrected chi connectivity index (χ0v) is 6.53. The molecule has 1 rings (SSSR count). The molecule has 0 saturated heterocycles. The summed E-state index contributed by atoms with van der Waals surface area (Å²) in [6.45, 7) is 1.18. The van der Waals surface area contributed by atoms with Crippen molar-refractivity contribution in [3.63, 3.8) is 0 Å². The normalized spacial score (nSPS) is 9.42. The molecule has 5 heteroatoms. The Hall–Kier alpha value is -1.65. The molecule has 0 atom stereocenters. The third-order valence-electron chi connectivity index (χ3n) is 1.14. The first kappa shape index (κ1) is 8.45. The van der Waals surface area contributed by atoms with Crippen LogP contribution >= 0.6 is 0 Å². The Morgan fingerprint density at radius 3 is 2.92 bits per heavy atom. The summed E-state index contributed by atoms with van der Waals surface area (Å²) < 4.78 is 4.29. The number of ether oxygens (including phenoxy) is 1. The smallest absolute Gasteiger partial charge is 0.319 e. The van der Waals surface area contributed by atoms with Gasteiger partial charge in [0.15, 0.2) is 0 Å². The molecule has 1 aromatic heterocycles. The number of H-pyrrole nitrogens is 1. The van der Waals surface area contributed by atoms with Crippen LogP contribution in [0.25, 0.3) is 0 Å².